The number of aromatic nitrogens is 2. The summed E-state index contributed by atoms with van der Waals surface area (Å²) in [5.41, 5.74) is 0.0958. The number of aromatic carboxylic acids is 1. The van der Waals surface area contributed by atoms with Crippen LogP contribution in [0, 0.1) is 6.92 Å². The lowest BCUT2D eigenvalue weighted by Crippen LogP contribution is -2.29. The number of hydrogen-bond donors (Lipinski definition) is 2. The minimum absolute atomic E-state index is 0.133. The van der Waals surface area contributed by atoms with E-state index in [1.54, 1.807) is 6.92 Å². The van der Waals surface area contributed by atoms with Crippen molar-refractivity contribution in [3.8, 4) is 5.69 Å². The smallest absolute Gasteiger partial charge is 0.335 e. The fraction of sp³-hybridized carbons (Fsp3) is 0.0833. The molecule has 0 amide bonds. The van der Waals surface area contributed by atoms with Crippen molar-refractivity contribution in [1.82, 2.24) is 9.55 Å². The number of rotatable bonds is 2. The van der Waals surface area contributed by atoms with Crippen LogP contribution < -0.4 is 11.2 Å². The number of carboxylic acid groups (broad SMARTS) is 1. The first-order chi connectivity index (χ1) is 8.49. The highest BCUT2D eigenvalue weighted by atomic mass is 16.4. The average molecular weight is 246 g/mol. The molecule has 92 valence electrons. The van der Waals surface area contributed by atoms with Gasteiger partial charge in [-0.1, -0.05) is 0 Å². The van der Waals surface area contributed by atoms with Crippen molar-refractivity contribution in [3.63, 3.8) is 0 Å². The monoisotopic (exact) mass is 246 g/mol. The number of carboxylic acids is 1. The third-order valence-electron chi connectivity index (χ3n) is 2.50. The zero-order chi connectivity index (χ0) is 13.3. The predicted octanol–water partition coefficient (Wildman–Crippen LogP) is 0.532. The third-order valence-corrected chi connectivity index (χ3v) is 2.50. The van der Waals surface area contributed by atoms with Crippen LogP contribution >= 0.6 is 0 Å². The lowest BCUT2D eigenvalue weighted by atomic mass is 10.2. The lowest BCUT2D eigenvalue weighted by Gasteiger charge is -2.08. The standard InChI is InChI=1S/C12H10N2O4/c1-7-6-10(15)13-12(18)14(7)9-4-2-8(3-5-9)11(16)17/h2-6H,1H3,(H,16,17)(H,13,15,18). The largest absolute Gasteiger partial charge is 0.478 e. The van der Waals surface area contributed by atoms with Gasteiger partial charge in [0.25, 0.3) is 5.56 Å². The van der Waals surface area contributed by atoms with Crippen LogP contribution in [0.15, 0.2) is 39.9 Å². The molecule has 18 heavy (non-hydrogen) atoms. The number of aromatic amines is 1. The minimum atomic E-state index is -1.04. The van der Waals surface area contributed by atoms with Crippen molar-refractivity contribution >= 4 is 5.97 Å². The average Bonchev–Trinajstić information content (AvgIpc) is 2.28. The highest BCUT2D eigenvalue weighted by molar-refractivity contribution is 5.87. The first-order valence-electron chi connectivity index (χ1n) is 5.16. The SMILES string of the molecule is Cc1cc(=O)[nH]c(=O)n1-c1ccc(C(=O)O)cc1. The van der Waals surface area contributed by atoms with Gasteiger partial charge >= 0.3 is 11.7 Å². The van der Waals surface area contributed by atoms with E-state index >= 15 is 0 Å². The molecular weight excluding hydrogens is 236 g/mol. The van der Waals surface area contributed by atoms with Crippen molar-refractivity contribution in [2.75, 3.05) is 0 Å². The fourth-order valence-corrected chi connectivity index (χ4v) is 1.69. The molecule has 0 spiro atoms. The maximum atomic E-state index is 11.7. The van der Waals surface area contributed by atoms with Gasteiger partial charge in [0.15, 0.2) is 0 Å². The summed E-state index contributed by atoms with van der Waals surface area (Å²) in [6, 6.07) is 7.11. The summed E-state index contributed by atoms with van der Waals surface area (Å²) in [5, 5.41) is 8.78. The minimum Gasteiger partial charge on any atom is -0.478 e. The number of carbonyl (C=O) groups is 1. The normalized spacial score (nSPS) is 10.3. The third kappa shape index (κ3) is 2.08. The summed E-state index contributed by atoms with van der Waals surface area (Å²) in [6.07, 6.45) is 0. The molecule has 0 aliphatic heterocycles. The molecule has 1 aromatic heterocycles. The summed E-state index contributed by atoms with van der Waals surface area (Å²) >= 11 is 0. The summed E-state index contributed by atoms with van der Waals surface area (Å²) in [4.78, 5) is 35.6. The number of nitrogens with one attached hydrogen (secondary N) is 1. The van der Waals surface area contributed by atoms with Gasteiger partial charge in [0, 0.05) is 11.8 Å². The highest BCUT2D eigenvalue weighted by Crippen LogP contribution is 2.09. The molecule has 1 heterocycles. The Labute approximate surface area is 101 Å². The Kier molecular flexibility index (Phi) is 2.85. The van der Waals surface area contributed by atoms with E-state index in [1.807, 2.05) is 0 Å². The molecule has 0 fully saturated rings. The van der Waals surface area contributed by atoms with Crippen LogP contribution in [0.25, 0.3) is 5.69 Å². The van der Waals surface area contributed by atoms with Gasteiger partial charge in [0.05, 0.1) is 11.3 Å². The second kappa shape index (κ2) is 4.33. The zero-order valence-corrected chi connectivity index (χ0v) is 9.51. The molecular formula is C12H10N2O4. The molecule has 6 heteroatoms. The van der Waals surface area contributed by atoms with Crippen molar-refractivity contribution in [1.29, 1.82) is 0 Å². The van der Waals surface area contributed by atoms with E-state index in [9.17, 15) is 14.4 Å². The van der Waals surface area contributed by atoms with E-state index in [0.717, 1.165) is 0 Å². The Bertz CT molecular complexity index is 710. The van der Waals surface area contributed by atoms with Gasteiger partial charge in [-0.05, 0) is 31.2 Å². The molecule has 0 atom stereocenters. The van der Waals surface area contributed by atoms with E-state index in [2.05, 4.69) is 4.98 Å². The van der Waals surface area contributed by atoms with Gasteiger partial charge < -0.3 is 5.11 Å². The van der Waals surface area contributed by atoms with E-state index in [4.69, 9.17) is 5.11 Å². The molecule has 0 saturated carbocycles. The van der Waals surface area contributed by atoms with Gasteiger partial charge in [-0.3, -0.25) is 14.3 Å². The van der Waals surface area contributed by atoms with Crippen molar-refractivity contribution < 1.29 is 9.90 Å². The van der Waals surface area contributed by atoms with Crippen LogP contribution in [0.4, 0.5) is 0 Å². The van der Waals surface area contributed by atoms with E-state index in [-0.39, 0.29) is 5.56 Å². The number of hydrogen-bond acceptors (Lipinski definition) is 3. The van der Waals surface area contributed by atoms with Crippen molar-refractivity contribution in [2.24, 2.45) is 0 Å². The summed E-state index contributed by atoms with van der Waals surface area (Å²) in [7, 11) is 0. The second-order valence-corrected chi connectivity index (χ2v) is 3.77. The molecule has 2 rings (SSSR count). The molecule has 2 N–H and O–H groups in total. The Morgan fingerprint density at radius 3 is 2.33 bits per heavy atom. The van der Waals surface area contributed by atoms with Crippen LogP contribution in [0.3, 0.4) is 0 Å². The van der Waals surface area contributed by atoms with Crippen molar-refractivity contribution in [2.45, 2.75) is 6.92 Å². The lowest BCUT2D eigenvalue weighted by molar-refractivity contribution is 0.0697. The molecule has 1 aromatic carbocycles. The number of benzene rings is 1. The Morgan fingerprint density at radius 2 is 1.83 bits per heavy atom. The van der Waals surface area contributed by atoms with Crippen LogP contribution in [-0.4, -0.2) is 20.6 Å². The maximum Gasteiger partial charge on any atom is 0.335 e. The molecule has 0 bridgehead atoms. The van der Waals surface area contributed by atoms with Crippen LogP contribution in [0.1, 0.15) is 16.1 Å². The molecule has 0 radical (unpaired) electrons. The molecule has 0 aliphatic rings. The van der Waals surface area contributed by atoms with Gasteiger partial charge in [-0.25, -0.2) is 9.59 Å². The van der Waals surface area contributed by atoms with Crippen molar-refractivity contribution in [3.05, 3.63) is 62.4 Å². The number of H-pyrrole nitrogens is 1. The fourth-order valence-electron chi connectivity index (χ4n) is 1.69. The summed E-state index contributed by atoms with van der Waals surface area (Å²) in [5.74, 6) is -1.04. The van der Waals surface area contributed by atoms with Gasteiger partial charge in [0.2, 0.25) is 0 Å². The van der Waals surface area contributed by atoms with E-state index in [1.165, 1.54) is 34.9 Å². The van der Waals surface area contributed by atoms with Gasteiger partial charge in [-0.15, -0.1) is 0 Å². The van der Waals surface area contributed by atoms with E-state index in [0.29, 0.717) is 11.4 Å². The molecule has 2 aromatic rings. The maximum absolute atomic E-state index is 11.7. The Morgan fingerprint density at radius 1 is 1.22 bits per heavy atom. The summed E-state index contributed by atoms with van der Waals surface area (Å²) < 4.78 is 1.30. The number of aryl methyl sites for hydroxylation is 1. The molecule has 0 aliphatic carbocycles. The summed E-state index contributed by atoms with van der Waals surface area (Å²) in [6.45, 7) is 1.63. The molecule has 0 unspecified atom stereocenters. The van der Waals surface area contributed by atoms with E-state index < -0.39 is 17.2 Å². The molecule has 6 nitrogen and oxygen atoms in total. The molecule has 0 saturated heterocycles. The first-order valence-corrected chi connectivity index (χ1v) is 5.16. The number of nitrogens with zero attached hydrogens (tertiary/aromatic N) is 1. The zero-order valence-electron chi connectivity index (χ0n) is 9.51. The van der Waals surface area contributed by atoms with Crippen LogP contribution in [0.5, 0.6) is 0 Å². The predicted molar refractivity (Wildman–Crippen MR) is 64.4 cm³/mol. The highest BCUT2D eigenvalue weighted by Gasteiger charge is 2.06. The van der Waals surface area contributed by atoms with Crippen LogP contribution in [-0.2, 0) is 0 Å². The Balaban J connectivity index is 2.59. The first kappa shape index (κ1) is 11.8. The topological polar surface area (TPSA) is 92.2 Å². The van der Waals surface area contributed by atoms with Crippen LogP contribution in [0.2, 0.25) is 0 Å². The van der Waals surface area contributed by atoms with Gasteiger partial charge in [0.1, 0.15) is 0 Å². The Hall–Kier alpha value is -2.63. The second-order valence-electron chi connectivity index (χ2n) is 3.77. The quantitative estimate of drug-likeness (QED) is 0.808. The van der Waals surface area contributed by atoms with Gasteiger partial charge in [-0.2, -0.15) is 0 Å².